The summed E-state index contributed by atoms with van der Waals surface area (Å²) in [5, 5.41) is 17.1. The van der Waals surface area contributed by atoms with Crippen molar-refractivity contribution in [3.8, 4) is 0 Å². The summed E-state index contributed by atoms with van der Waals surface area (Å²) in [5.41, 5.74) is 17.3. The molecule has 208 valence electrons. The van der Waals surface area contributed by atoms with Crippen LogP contribution in [0.5, 0.6) is 0 Å². The highest BCUT2D eigenvalue weighted by atomic mass is 16.4. The topological polar surface area (TPSA) is 277 Å². The number of nitrogens with zero attached hydrogens (tertiary/aromatic N) is 2. The predicted molar refractivity (Wildman–Crippen MR) is 133 cm³/mol. The van der Waals surface area contributed by atoms with E-state index in [2.05, 4.69) is 35.9 Å². The molecule has 0 aliphatic carbocycles. The number of aromatic nitrogens is 4. The van der Waals surface area contributed by atoms with Crippen LogP contribution in [0, 0.1) is 0 Å². The molecule has 38 heavy (non-hydrogen) atoms. The number of carboxylic acids is 1. The predicted octanol–water partition coefficient (Wildman–Crippen LogP) is -3.21. The highest BCUT2D eigenvalue weighted by molar-refractivity contribution is 5.95. The van der Waals surface area contributed by atoms with Gasteiger partial charge in [0.2, 0.25) is 23.6 Å². The summed E-state index contributed by atoms with van der Waals surface area (Å²) >= 11 is 0. The summed E-state index contributed by atoms with van der Waals surface area (Å²) in [5.74, 6) is -4.30. The molecule has 2 aromatic heterocycles. The van der Waals surface area contributed by atoms with Crippen LogP contribution in [0.1, 0.15) is 37.1 Å². The molecule has 0 bridgehead atoms. The molecule has 0 saturated heterocycles. The fourth-order valence-electron chi connectivity index (χ4n) is 3.54. The smallest absolute Gasteiger partial charge is 0.326 e. The molecule has 0 spiro atoms. The van der Waals surface area contributed by atoms with E-state index in [-0.39, 0.29) is 19.3 Å². The number of aromatic amines is 2. The van der Waals surface area contributed by atoms with Gasteiger partial charge in [-0.3, -0.25) is 19.2 Å². The van der Waals surface area contributed by atoms with Gasteiger partial charge in [0.25, 0.3) is 0 Å². The molecule has 12 N–H and O–H groups in total. The number of hydrogen-bond acceptors (Lipinski definition) is 9. The first-order chi connectivity index (χ1) is 18.1. The van der Waals surface area contributed by atoms with E-state index in [1.165, 1.54) is 25.0 Å². The SMILES string of the molecule is NCCCCC(NC(=O)C(N)CC(N)=O)C(=O)NC(Cc1cnc[nH]1)C(=O)NC(Cc1cnc[nH]1)C(=O)O. The first kappa shape index (κ1) is 29.9. The maximum absolute atomic E-state index is 13.2. The molecule has 0 aliphatic heterocycles. The molecule has 2 aromatic rings. The molecular formula is C22H34N10O6. The summed E-state index contributed by atoms with van der Waals surface area (Å²) in [4.78, 5) is 75.1. The minimum absolute atomic E-state index is 0.0430. The monoisotopic (exact) mass is 534 g/mol. The molecule has 0 radical (unpaired) electrons. The molecule has 2 rings (SSSR count). The average molecular weight is 535 g/mol. The molecule has 0 fully saturated rings. The van der Waals surface area contributed by atoms with Crippen LogP contribution in [0.4, 0.5) is 0 Å². The summed E-state index contributed by atoms with van der Waals surface area (Å²) in [6.07, 6.45) is 6.35. The van der Waals surface area contributed by atoms with E-state index in [1.54, 1.807) is 0 Å². The highest BCUT2D eigenvalue weighted by Crippen LogP contribution is 2.07. The third kappa shape index (κ3) is 9.98. The molecule has 4 atom stereocenters. The number of carboxylic acid groups (broad SMARTS) is 1. The molecule has 0 aromatic carbocycles. The molecule has 16 heteroatoms. The Hall–Kier alpha value is -4.31. The quantitative estimate of drug-likeness (QED) is 0.0915. The van der Waals surface area contributed by atoms with E-state index < -0.39 is 60.2 Å². The fourth-order valence-corrected chi connectivity index (χ4v) is 3.54. The Morgan fingerprint density at radius 2 is 1.37 bits per heavy atom. The molecular weight excluding hydrogens is 500 g/mol. The second-order valence-corrected chi connectivity index (χ2v) is 8.65. The number of rotatable bonds is 17. The van der Waals surface area contributed by atoms with Gasteiger partial charge in [-0.15, -0.1) is 0 Å². The van der Waals surface area contributed by atoms with Crippen LogP contribution in [0.25, 0.3) is 0 Å². The zero-order valence-electron chi connectivity index (χ0n) is 20.7. The summed E-state index contributed by atoms with van der Waals surface area (Å²) in [6.45, 7) is 0.362. The standard InChI is InChI=1S/C22H34N10O6/c23-4-2-1-3-15(30-19(34)14(24)7-18(25)33)20(35)31-16(5-12-8-26-10-28-12)21(36)32-17(22(37)38)6-13-9-27-11-29-13/h8-11,14-17H,1-7,23-24H2,(H2,25,33)(H,26,28)(H,27,29)(H,30,34)(H,31,35)(H,32,36)(H,37,38). The van der Waals surface area contributed by atoms with E-state index in [1.807, 2.05) is 0 Å². The molecule has 4 unspecified atom stereocenters. The number of carbonyl (C=O) groups excluding carboxylic acids is 4. The number of hydrogen-bond donors (Lipinski definition) is 9. The van der Waals surface area contributed by atoms with Crippen LogP contribution in [0.3, 0.4) is 0 Å². The fraction of sp³-hybridized carbons (Fsp3) is 0.500. The number of nitrogens with one attached hydrogen (secondary N) is 5. The normalized spacial score (nSPS) is 14.1. The van der Waals surface area contributed by atoms with E-state index in [0.717, 1.165) is 0 Å². The lowest BCUT2D eigenvalue weighted by atomic mass is 10.0. The van der Waals surface area contributed by atoms with Crippen LogP contribution in [0.2, 0.25) is 0 Å². The van der Waals surface area contributed by atoms with Crippen molar-refractivity contribution in [2.75, 3.05) is 6.54 Å². The van der Waals surface area contributed by atoms with Crippen molar-refractivity contribution < 1.29 is 29.1 Å². The number of nitrogens with two attached hydrogens (primary N) is 3. The Morgan fingerprint density at radius 1 is 0.842 bits per heavy atom. The van der Waals surface area contributed by atoms with Crippen LogP contribution in [-0.2, 0) is 36.8 Å². The number of carbonyl (C=O) groups is 5. The lowest BCUT2D eigenvalue weighted by Crippen LogP contribution is -2.58. The maximum atomic E-state index is 13.2. The Labute approximate surface area is 217 Å². The Balaban J connectivity index is 2.18. The van der Waals surface area contributed by atoms with Crippen LogP contribution < -0.4 is 33.2 Å². The van der Waals surface area contributed by atoms with Crippen molar-refractivity contribution >= 4 is 29.6 Å². The minimum atomic E-state index is -1.31. The summed E-state index contributed by atoms with van der Waals surface area (Å²) in [7, 11) is 0. The summed E-state index contributed by atoms with van der Waals surface area (Å²) < 4.78 is 0. The third-order valence-corrected chi connectivity index (χ3v) is 5.54. The average Bonchev–Trinajstić information content (AvgIpc) is 3.56. The number of primary amides is 1. The van der Waals surface area contributed by atoms with Crippen molar-refractivity contribution in [1.82, 2.24) is 35.9 Å². The van der Waals surface area contributed by atoms with E-state index in [4.69, 9.17) is 17.2 Å². The van der Waals surface area contributed by atoms with Crippen molar-refractivity contribution in [2.24, 2.45) is 17.2 Å². The van der Waals surface area contributed by atoms with Crippen LogP contribution in [0.15, 0.2) is 25.0 Å². The molecule has 16 nitrogen and oxygen atoms in total. The van der Waals surface area contributed by atoms with Crippen molar-refractivity contribution in [2.45, 2.75) is 62.7 Å². The number of amides is 4. The first-order valence-electron chi connectivity index (χ1n) is 11.9. The molecule has 0 saturated carbocycles. The maximum Gasteiger partial charge on any atom is 0.326 e. The Morgan fingerprint density at radius 3 is 1.87 bits per heavy atom. The lowest BCUT2D eigenvalue weighted by molar-refractivity contribution is -0.142. The van der Waals surface area contributed by atoms with Gasteiger partial charge in [-0.05, 0) is 25.8 Å². The van der Waals surface area contributed by atoms with E-state index >= 15 is 0 Å². The number of unbranched alkanes of at least 4 members (excludes halogenated alkanes) is 1. The molecule has 4 amide bonds. The van der Waals surface area contributed by atoms with Gasteiger partial charge in [0.1, 0.15) is 18.1 Å². The zero-order chi connectivity index (χ0) is 28.1. The van der Waals surface area contributed by atoms with Gasteiger partial charge in [-0.2, -0.15) is 0 Å². The lowest BCUT2D eigenvalue weighted by Gasteiger charge is -2.25. The minimum Gasteiger partial charge on any atom is -0.480 e. The second-order valence-electron chi connectivity index (χ2n) is 8.65. The van der Waals surface area contributed by atoms with Gasteiger partial charge in [-0.1, -0.05) is 0 Å². The number of imidazole rings is 2. The van der Waals surface area contributed by atoms with E-state index in [9.17, 15) is 29.1 Å². The third-order valence-electron chi connectivity index (χ3n) is 5.54. The van der Waals surface area contributed by atoms with Gasteiger partial charge in [0.05, 0.1) is 25.1 Å². The molecule has 2 heterocycles. The summed E-state index contributed by atoms with van der Waals surface area (Å²) in [6, 6.07) is -4.90. The Kier molecular flexibility index (Phi) is 11.9. The van der Waals surface area contributed by atoms with Crippen molar-refractivity contribution in [1.29, 1.82) is 0 Å². The van der Waals surface area contributed by atoms with Crippen molar-refractivity contribution in [3.05, 3.63) is 36.4 Å². The van der Waals surface area contributed by atoms with Crippen LogP contribution >= 0.6 is 0 Å². The first-order valence-corrected chi connectivity index (χ1v) is 11.9. The molecule has 0 aliphatic rings. The zero-order valence-corrected chi connectivity index (χ0v) is 20.7. The van der Waals surface area contributed by atoms with E-state index in [0.29, 0.717) is 30.8 Å². The van der Waals surface area contributed by atoms with Gasteiger partial charge in [0.15, 0.2) is 0 Å². The Bertz CT molecular complexity index is 1060. The van der Waals surface area contributed by atoms with Gasteiger partial charge >= 0.3 is 5.97 Å². The second kappa shape index (κ2) is 15.1. The number of aliphatic carboxylic acids is 1. The van der Waals surface area contributed by atoms with Gasteiger partial charge in [-0.25, -0.2) is 14.8 Å². The number of H-pyrrole nitrogens is 2. The largest absolute Gasteiger partial charge is 0.480 e. The van der Waals surface area contributed by atoms with Gasteiger partial charge < -0.3 is 48.2 Å². The van der Waals surface area contributed by atoms with Crippen LogP contribution in [-0.4, -0.2) is 85.4 Å². The highest BCUT2D eigenvalue weighted by Gasteiger charge is 2.31. The van der Waals surface area contributed by atoms with Crippen molar-refractivity contribution in [3.63, 3.8) is 0 Å². The van der Waals surface area contributed by atoms with Gasteiger partial charge in [0, 0.05) is 36.6 Å².